The van der Waals surface area contributed by atoms with Gasteiger partial charge < -0.3 is 4.74 Å². The van der Waals surface area contributed by atoms with Gasteiger partial charge in [0.25, 0.3) is 0 Å². The molecule has 0 aliphatic rings. The second kappa shape index (κ2) is 6.38. The fourth-order valence-corrected chi connectivity index (χ4v) is 4.06. The van der Waals surface area contributed by atoms with Crippen LogP contribution in [0, 0.1) is 0 Å². The van der Waals surface area contributed by atoms with E-state index < -0.39 is 0 Å². The van der Waals surface area contributed by atoms with Crippen LogP contribution in [0.3, 0.4) is 0 Å². The summed E-state index contributed by atoms with van der Waals surface area (Å²) in [6, 6.07) is 8.26. The highest BCUT2D eigenvalue weighted by Gasteiger charge is 2.31. The van der Waals surface area contributed by atoms with Gasteiger partial charge in [0, 0.05) is 27.7 Å². The molecule has 0 heterocycles. The highest BCUT2D eigenvalue weighted by atomic mass is 79.9. The Hall–Kier alpha value is 0.620. The van der Waals surface area contributed by atoms with E-state index in [2.05, 4.69) is 66.0 Å². The SMILES string of the molecule is COCC(CBr)(CBr)c1ccccc1Br. The van der Waals surface area contributed by atoms with Crippen molar-refractivity contribution in [3.8, 4) is 0 Å². The molecule has 0 saturated heterocycles. The largest absolute Gasteiger partial charge is 0.384 e. The van der Waals surface area contributed by atoms with Crippen molar-refractivity contribution < 1.29 is 4.74 Å². The van der Waals surface area contributed by atoms with Crippen LogP contribution in [-0.2, 0) is 10.2 Å². The molecule has 4 heteroatoms. The Morgan fingerprint density at radius 1 is 1.20 bits per heavy atom. The van der Waals surface area contributed by atoms with Crippen LogP contribution in [-0.4, -0.2) is 24.4 Å². The van der Waals surface area contributed by atoms with E-state index in [0.29, 0.717) is 6.61 Å². The van der Waals surface area contributed by atoms with Gasteiger partial charge in [-0.15, -0.1) is 0 Å². The lowest BCUT2D eigenvalue weighted by molar-refractivity contribution is 0.151. The third kappa shape index (κ3) is 3.05. The first kappa shape index (κ1) is 13.7. The summed E-state index contributed by atoms with van der Waals surface area (Å²) in [7, 11) is 1.73. The number of ether oxygens (including phenoxy) is 1. The minimum Gasteiger partial charge on any atom is -0.384 e. The number of halogens is 3. The summed E-state index contributed by atoms with van der Waals surface area (Å²) in [5.74, 6) is 0. The Balaban J connectivity index is 3.13. The van der Waals surface area contributed by atoms with Crippen LogP contribution in [0.5, 0.6) is 0 Å². The van der Waals surface area contributed by atoms with Crippen molar-refractivity contribution in [2.75, 3.05) is 24.4 Å². The minimum absolute atomic E-state index is 0.0190. The van der Waals surface area contributed by atoms with Gasteiger partial charge in [-0.3, -0.25) is 0 Å². The minimum atomic E-state index is -0.0190. The maximum atomic E-state index is 5.32. The highest BCUT2D eigenvalue weighted by molar-refractivity contribution is 9.10. The Labute approximate surface area is 116 Å². The second-order valence-corrected chi connectivity index (χ2v) is 5.44. The number of rotatable bonds is 5. The molecule has 15 heavy (non-hydrogen) atoms. The lowest BCUT2D eigenvalue weighted by atomic mass is 9.85. The van der Waals surface area contributed by atoms with E-state index in [-0.39, 0.29) is 5.41 Å². The van der Waals surface area contributed by atoms with Gasteiger partial charge in [0.05, 0.1) is 6.61 Å². The molecule has 0 radical (unpaired) electrons. The molecule has 1 nitrogen and oxygen atoms in total. The van der Waals surface area contributed by atoms with Gasteiger partial charge in [-0.1, -0.05) is 66.0 Å². The van der Waals surface area contributed by atoms with Crippen LogP contribution in [0.15, 0.2) is 28.7 Å². The summed E-state index contributed by atoms with van der Waals surface area (Å²) in [6.07, 6.45) is 0. The zero-order chi connectivity index (χ0) is 11.3. The predicted molar refractivity (Wildman–Crippen MR) is 75.3 cm³/mol. The van der Waals surface area contributed by atoms with Gasteiger partial charge in [0.15, 0.2) is 0 Å². The van der Waals surface area contributed by atoms with E-state index in [1.54, 1.807) is 7.11 Å². The molecule has 0 N–H and O–H groups in total. The number of benzene rings is 1. The summed E-state index contributed by atoms with van der Waals surface area (Å²) >= 11 is 10.7. The Morgan fingerprint density at radius 3 is 2.27 bits per heavy atom. The normalized spacial score (nSPS) is 11.7. The monoisotopic (exact) mass is 398 g/mol. The molecular weight excluding hydrogens is 388 g/mol. The van der Waals surface area contributed by atoms with Crippen molar-refractivity contribution in [1.29, 1.82) is 0 Å². The first-order valence-electron chi connectivity index (χ1n) is 4.56. The van der Waals surface area contributed by atoms with Crippen LogP contribution in [0.1, 0.15) is 5.56 Å². The van der Waals surface area contributed by atoms with E-state index in [9.17, 15) is 0 Å². The van der Waals surface area contributed by atoms with Crippen LogP contribution in [0.4, 0.5) is 0 Å². The maximum absolute atomic E-state index is 5.32. The quantitative estimate of drug-likeness (QED) is 0.675. The molecule has 0 bridgehead atoms. The van der Waals surface area contributed by atoms with Crippen LogP contribution in [0.25, 0.3) is 0 Å². The van der Waals surface area contributed by atoms with Crippen LogP contribution in [0.2, 0.25) is 0 Å². The predicted octanol–water partition coefficient (Wildman–Crippen LogP) is 4.12. The van der Waals surface area contributed by atoms with Gasteiger partial charge in [-0.25, -0.2) is 0 Å². The molecule has 1 aromatic rings. The van der Waals surface area contributed by atoms with E-state index in [1.165, 1.54) is 5.56 Å². The van der Waals surface area contributed by atoms with Crippen LogP contribution < -0.4 is 0 Å². The molecule has 1 rings (SSSR count). The van der Waals surface area contributed by atoms with Crippen molar-refractivity contribution in [3.05, 3.63) is 34.3 Å². The summed E-state index contributed by atoms with van der Waals surface area (Å²) in [5.41, 5.74) is 1.25. The molecule has 1 aromatic carbocycles. The van der Waals surface area contributed by atoms with E-state index in [0.717, 1.165) is 15.1 Å². The molecule has 84 valence electrons. The van der Waals surface area contributed by atoms with E-state index in [1.807, 2.05) is 6.07 Å². The third-order valence-corrected chi connectivity index (χ3v) is 5.22. The molecule has 0 unspecified atom stereocenters. The fraction of sp³-hybridized carbons (Fsp3) is 0.455. The number of methoxy groups -OCH3 is 1. The molecule has 0 atom stereocenters. The van der Waals surface area contributed by atoms with E-state index in [4.69, 9.17) is 4.74 Å². The second-order valence-electron chi connectivity index (χ2n) is 3.46. The summed E-state index contributed by atoms with van der Waals surface area (Å²) in [6.45, 7) is 0.687. The Bertz CT molecular complexity index is 310. The molecule has 0 saturated carbocycles. The molecule has 0 aliphatic heterocycles. The first-order valence-corrected chi connectivity index (χ1v) is 7.59. The van der Waals surface area contributed by atoms with Gasteiger partial charge in [0.2, 0.25) is 0 Å². The third-order valence-electron chi connectivity index (χ3n) is 2.38. The van der Waals surface area contributed by atoms with Crippen LogP contribution >= 0.6 is 47.8 Å². The van der Waals surface area contributed by atoms with Crippen molar-refractivity contribution >= 4 is 47.8 Å². The first-order chi connectivity index (χ1) is 7.20. The van der Waals surface area contributed by atoms with Crippen molar-refractivity contribution in [3.63, 3.8) is 0 Å². The number of hydrogen-bond acceptors (Lipinski definition) is 1. The lowest BCUT2D eigenvalue weighted by Gasteiger charge is -2.30. The summed E-state index contributed by atoms with van der Waals surface area (Å²) in [5, 5.41) is 1.73. The Morgan fingerprint density at radius 2 is 1.80 bits per heavy atom. The number of alkyl halides is 2. The average molecular weight is 401 g/mol. The van der Waals surface area contributed by atoms with Gasteiger partial charge in [-0.05, 0) is 11.6 Å². The summed E-state index contributed by atoms with van der Waals surface area (Å²) < 4.78 is 6.44. The lowest BCUT2D eigenvalue weighted by Crippen LogP contribution is -2.35. The number of hydrogen-bond donors (Lipinski definition) is 0. The summed E-state index contributed by atoms with van der Waals surface area (Å²) in [4.78, 5) is 0. The van der Waals surface area contributed by atoms with E-state index >= 15 is 0 Å². The standard InChI is InChI=1S/C11H13Br3O/c1-15-8-11(6-12,7-13)9-4-2-3-5-10(9)14/h2-5H,6-8H2,1H3. The molecular formula is C11H13Br3O. The van der Waals surface area contributed by atoms with Crippen molar-refractivity contribution in [2.45, 2.75) is 5.41 Å². The van der Waals surface area contributed by atoms with Gasteiger partial charge >= 0.3 is 0 Å². The highest BCUT2D eigenvalue weighted by Crippen LogP contribution is 2.34. The van der Waals surface area contributed by atoms with Crippen molar-refractivity contribution in [2.24, 2.45) is 0 Å². The average Bonchev–Trinajstić information content (AvgIpc) is 2.27. The molecule has 0 amide bonds. The molecule has 0 aromatic heterocycles. The molecule has 0 fully saturated rings. The fourth-order valence-electron chi connectivity index (χ4n) is 1.50. The topological polar surface area (TPSA) is 9.23 Å². The molecule has 0 aliphatic carbocycles. The smallest absolute Gasteiger partial charge is 0.0575 e. The van der Waals surface area contributed by atoms with Crippen molar-refractivity contribution in [1.82, 2.24) is 0 Å². The zero-order valence-corrected chi connectivity index (χ0v) is 13.2. The zero-order valence-electron chi connectivity index (χ0n) is 8.47. The maximum Gasteiger partial charge on any atom is 0.0575 e. The van der Waals surface area contributed by atoms with Gasteiger partial charge in [0.1, 0.15) is 0 Å². The Kier molecular flexibility index (Phi) is 5.82. The molecule has 0 spiro atoms. The van der Waals surface area contributed by atoms with Gasteiger partial charge in [-0.2, -0.15) is 0 Å².